The molecule has 1 aliphatic rings. The molecule has 0 radical (unpaired) electrons. The van der Waals surface area contributed by atoms with Crippen LogP contribution in [0.5, 0.6) is 0 Å². The second kappa shape index (κ2) is 5.33. The number of esters is 1. The summed E-state index contributed by atoms with van der Waals surface area (Å²) in [6.45, 7) is 0.616. The van der Waals surface area contributed by atoms with Crippen LogP contribution in [-0.2, 0) is 17.7 Å². The fraction of sp³-hybridized carbons (Fsp3) is 0.267. The van der Waals surface area contributed by atoms with Crippen LogP contribution in [-0.4, -0.2) is 22.6 Å². The maximum atomic E-state index is 12.6. The molecule has 0 amide bonds. The molecule has 0 aromatic carbocycles. The van der Waals surface area contributed by atoms with Gasteiger partial charge in [0.05, 0.1) is 12.7 Å². The van der Waals surface area contributed by atoms with Crippen molar-refractivity contribution in [2.24, 2.45) is 0 Å². The van der Waals surface area contributed by atoms with Gasteiger partial charge in [-0.15, -0.1) is 0 Å². The van der Waals surface area contributed by atoms with Crippen molar-refractivity contribution in [3.63, 3.8) is 0 Å². The number of carbonyl (C=O) groups excluding carboxylic acids is 1. The summed E-state index contributed by atoms with van der Waals surface area (Å²) in [5.41, 5.74) is 2.16. The van der Waals surface area contributed by atoms with Crippen LogP contribution in [0.2, 0.25) is 5.15 Å². The quantitative estimate of drug-likeness (QED) is 0.631. The largest absolute Gasteiger partial charge is 0.465 e. The molecule has 0 N–H and O–H groups in total. The summed E-state index contributed by atoms with van der Waals surface area (Å²) in [6.07, 6.45) is 3.09. The lowest BCUT2D eigenvalue weighted by Crippen LogP contribution is -2.24. The first-order chi connectivity index (χ1) is 10.1. The van der Waals surface area contributed by atoms with Crippen molar-refractivity contribution in [2.45, 2.75) is 19.4 Å². The van der Waals surface area contributed by atoms with E-state index >= 15 is 0 Å². The van der Waals surface area contributed by atoms with Gasteiger partial charge in [0, 0.05) is 24.0 Å². The second-order valence-electron chi connectivity index (χ2n) is 4.84. The third-order valence-electron chi connectivity index (χ3n) is 3.64. The maximum absolute atomic E-state index is 12.6. The van der Waals surface area contributed by atoms with Gasteiger partial charge in [0.25, 0.3) is 5.56 Å². The Bertz CT molecular complexity index is 783. The van der Waals surface area contributed by atoms with Crippen molar-refractivity contribution in [1.29, 1.82) is 0 Å². The van der Waals surface area contributed by atoms with E-state index < -0.39 is 5.97 Å². The molecule has 0 atom stereocenters. The molecule has 0 saturated carbocycles. The highest BCUT2D eigenvalue weighted by atomic mass is 35.5. The molecule has 0 fully saturated rings. The molecule has 6 heteroatoms. The summed E-state index contributed by atoms with van der Waals surface area (Å²) in [5, 5.41) is 0.303. The average molecular weight is 305 g/mol. The molecule has 0 bridgehead atoms. The fourth-order valence-corrected chi connectivity index (χ4v) is 2.85. The molecule has 108 valence electrons. The van der Waals surface area contributed by atoms with E-state index in [9.17, 15) is 9.59 Å². The van der Waals surface area contributed by atoms with Crippen LogP contribution in [0.1, 0.15) is 22.5 Å². The minimum Gasteiger partial charge on any atom is -0.465 e. The van der Waals surface area contributed by atoms with Gasteiger partial charge in [-0.1, -0.05) is 11.6 Å². The first-order valence-electron chi connectivity index (χ1n) is 6.59. The van der Waals surface area contributed by atoms with E-state index in [4.69, 9.17) is 16.3 Å². The van der Waals surface area contributed by atoms with Crippen molar-refractivity contribution in [2.75, 3.05) is 7.11 Å². The number of carbonyl (C=O) groups is 1. The number of hydrogen-bond acceptors (Lipinski definition) is 4. The summed E-state index contributed by atoms with van der Waals surface area (Å²) in [5.74, 6) is -0.429. The van der Waals surface area contributed by atoms with Crippen LogP contribution in [0.4, 0.5) is 0 Å². The van der Waals surface area contributed by atoms with Gasteiger partial charge in [0.1, 0.15) is 5.15 Å². The first kappa shape index (κ1) is 13.8. The Hall–Kier alpha value is -2.14. The van der Waals surface area contributed by atoms with Gasteiger partial charge in [0.15, 0.2) is 0 Å². The minimum absolute atomic E-state index is 0.114. The first-order valence-corrected chi connectivity index (χ1v) is 6.96. The summed E-state index contributed by atoms with van der Waals surface area (Å²) in [4.78, 5) is 28.4. The molecule has 0 unspecified atom stereocenters. The Labute approximate surface area is 126 Å². The van der Waals surface area contributed by atoms with E-state index in [0.29, 0.717) is 34.8 Å². The zero-order chi connectivity index (χ0) is 15.0. The number of hydrogen-bond donors (Lipinski definition) is 0. The molecule has 5 nitrogen and oxygen atoms in total. The lowest BCUT2D eigenvalue weighted by Gasteiger charge is -2.11. The SMILES string of the molecule is COC(=O)c1cc(-c2ccnc(Cl)c2)c(=O)n2c1CCC2. The van der Waals surface area contributed by atoms with Crippen molar-refractivity contribution >= 4 is 17.6 Å². The van der Waals surface area contributed by atoms with Gasteiger partial charge in [-0.25, -0.2) is 9.78 Å². The van der Waals surface area contributed by atoms with Gasteiger partial charge in [-0.05, 0) is 36.6 Å². The molecular weight excluding hydrogens is 292 g/mol. The number of aromatic nitrogens is 2. The molecule has 0 aliphatic carbocycles. The van der Waals surface area contributed by atoms with E-state index in [0.717, 1.165) is 12.1 Å². The fourth-order valence-electron chi connectivity index (χ4n) is 2.68. The van der Waals surface area contributed by atoms with Crippen molar-refractivity contribution in [3.05, 3.63) is 51.2 Å². The minimum atomic E-state index is -0.429. The van der Waals surface area contributed by atoms with Gasteiger partial charge in [-0.3, -0.25) is 4.79 Å². The van der Waals surface area contributed by atoms with Crippen molar-refractivity contribution < 1.29 is 9.53 Å². The van der Waals surface area contributed by atoms with Crippen LogP contribution >= 0.6 is 11.6 Å². The van der Waals surface area contributed by atoms with Crippen LogP contribution in [0, 0.1) is 0 Å². The Morgan fingerprint density at radius 2 is 2.24 bits per heavy atom. The Balaban J connectivity index is 2.27. The van der Waals surface area contributed by atoms with Gasteiger partial charge >= 0.3 is 5.97 Å². The molecule has 21 heavy (non-hydrogen) atoms. The van der Waals surface area contributed by atoms with Gasteiger partial charge < -0.3 is 9.30 Å². The van der Waals surface area contributed by atoms with Gasteiger partial charge in [0.2, 0.25) is 0 Å². The zero-order valence-electron chi connectivity index (χ0n) is 11.4. The highest BCUT2D eigenvalue weighted by Gasteiger charge is 2.23. The standard InChI is InChI=1S/C15H13ClN2O3/c1-21-15(20)11-8-10(9-4-5-17-13(16)7-9)14(19)18-6-2-3-12(11)18/h4-5,7-8H,2-3,6H2,1H3. The normalized spacial score (nSPS) is 13.0. The molecule has 0 saturated heterocycles. The Kier molecular flexibility index (Phi) is 3.51. The molecule has 0 spiro atoms. The van der Waals surface area contributed by atoms with E-state index in [1.807, 2.05) is 0 Å². The summed E-state index contributed by atoms with van der Waals surface area (Å²) in [7, 11) is 1.34. The maximum Gasteiger partial charge on any atom is 0.339 e. The molecule has 2 aromatic heterocycles. The molecular formula is C15H13ClN2O3. The monoisotopic (exact) mass is 304 g/mol. The molecule has 3 rings (SSSR count). The van der Waals surface area contributed by atoms with Crippen LogP contribution in [0.3, 0.4) is 0 Å². The highest BCUT2D eigenvalue weighted by molar-refractivity contribution is 6.29. The second-order valence-corrected chi connectivity index (χ2v) is 5.22. The lowest BCUT2D eigenvalue weighted by atomic mass is 10.0. The van der Waals surface area contributed by atoms with E-state index in [1.165, 1.54) is 13.3 Å². The Morgan fingerprint density at radius 1 is 1.43 bits per heavy atom. The number of fused-ring (bicyclic) bond motifs is 1. The van der Waals surface area contributed by atoms with Crippen molar-refractivity contribution in [3.8, 4) is 11.1 Å². The smallest absolute Gasteiger partial charge is 0.339 e. The number of rotatable bonds is 2. The number of methoxy groups -OCH3 is 1. The average Bonchev–Trinajstić information content (AvgIpc) is 2.97. The topological polar surface area (TPSA) is 61.2 Å². The third kappa shape index (κ3) is 2.34. The number of nitrogens with zero attached hydrogens (tertiary/aromatic N) is 2. The lowest BCUT2D eigenvalue weighted by molar-refractivity contribution is 0.0598. The predicted octanol–water partition coefficient (Wildman–Crippen LogP) is 2.30. The molecule has 1 aliphatic heterocycles. The van der Waals surface area contributed by atoms with Crippen LogP contribution < -0.4 is 5.56 Å². The van der Waals surface area contributed by atoms with Crippen LogP contribution in [0.15, 0.2) is 29.2 Å². The number of pyridine rings is 2. The third-order valence-corrected chi connectivity index (χ3v) is 3.85. The number of ether oxygens (including phenoxy) is 1. The van der Waals surface area contributed by atoms with E-state index in [-0.39, 0.29) is 5.56 Å². The molecule has 3 heterocycles. The molecule has 2 aromatic rings. The summed E-state index contributed by atoms with van der Waals surface area (Å²) >= 11 is 5.88. The zero-order valence-corrected chi connectivity index (χ0v) is 12.2. The van der Waals surface area contributed by atoms with E-state index in [2.05, 4.69) is 4.98 Å². The Morgan fingerprint density at radius 3 is 2.95 bits per heavy atom. The van der Waals surface area contributed by atoms with Crippen molar-refractivity contribution in [1.82, 2.24) is 9.55 Å². The van der Waals surface area contributed by atoms with Gasteiger partial charge in [-0.2, -0.15) is 0 Å². The highest BCUT2D eigenvalue weighted by Crippen LogP contribution is 2.24. The predicted molar refractivity (Wildman–Crippen MR) is 78.6 cm³/mol. The van der Waals surface area contributed by atoms with E-state index in [1.54, 1.807) is 22.8 Å². The summed E-state index contributed by atoms with van der Waals surface area (Å²) in [6, 6.07) is 4.91. The summed E-state index contributed by atoms with van der Waals surface area (Å²) < 4.78 is 6.47. The number of halogens is 1. The van der Waals surface area contributed by atoms with Crippen LogP contribution in [0.25, 0.3) is 11.1 Å².